The molecule has 8 aromatic rings. The third kappa shape index (κ3) is 4.71. The first-order valence-corrected chi connectivity index (χ1v) is 17.8. The fraction of sp³-hybridized carbons (Fsp3) is 0.0833. The molecule has 2 aliphatic rings. The number of para-hydroxylation sites is 2. The van der Waals surface area contributed by atoms with E-state index >= 15 is 0 Å². The van der Waals surface area contributed by atoms with Gasteiger partial charge in [0.25, 0.3) is 0 Å². The molecule has 2 heterocycles. The van der Waals surface area contributed by atoms with Crippen LogP contribution in [-0.4, -0.2) is 9.13 Å². The zero-order valence-corrected chi connectivity index (χ0v) is 27.9. The SMILES string of the molecule is C1=CCCC(c2ccc(-n3c4ccccc4c4cc(-c5ccc6c(c5)c5ccccc5n6-c5ccc(C6=CC=CCC6)cc5)ccc43)cc2)=C1. The van der Waals surface area contributed by atoms with E-state index in [0.29, 0.717) is 0 Å². The second kappa shape index (κ2) is 11.8. The zero-order valence-electron chi connectivity index (χ0n) is 27.9. The van der Waals surface area contributed by atoms with Gasteiger partial charge in [0.2, 0.25) is 0 Å². The average molecular weight is 641 g/mol. The van der Waals surface area contributed by atoms with Crippen molar-refractivity contribution < 1.29 is 0 Å². The number of fused-ring (bicyclic) bond motifs is 6. The molecule has 0 fully saturated rings. The maximum Gasteiger partial charge on any atom is 0.0541 e. The molecule has 2 nitrogen and oxygen atoms in total. The number of hydrogen-bond acceptors (Lipinski definition) is 0. The topological polar surface area (TPSA) is 9.86 Å². The Morgan fingerprint density at radius 3 is 1.18 bits per heavy atom. The summed E-state index contributed by atoms with van der Waals surface area (Å²) in [6, 6.07) is 49.8. The lowest BCUT2D eigenvalue weighted by molar-refractivity contribution is 1.05. The summed E-state index contributed by atoms with van der Waals surface area (Å²) in [5.41, 5.74) is 15.2. The highest BCUT2D eigenvalue weighted by Crippen LogP contribution is 2.39. The predicted molar refractivity (Wildman–Crippen MR) is 213 cm³/mol. The number of aromatic nitrogens is 2. The summed E-state index contributed by atoms with van der Waals surface area (Å²) >= 11 is 0. The van der Waals surface area contributed by atoms with Crippen molar-refractivity contribution in [1.29, 1.82) is 0 Å². The standard InChI is InChI=1S/C48H36N2/c1-3-11-33(12-4-1)35-19-25-39(26-20-35)49-45-17-9-7-15-41(45)43-31-37(23-29-47(43)49)38-24-30-48-44(32-38)42-16-8-10-18-46(42)50(48)40-27-21-36(22-28-40)34-13-5-2-6-14-34/h1-3,5,7-11,13,15-32H,4,6,12,14H2. The normalized spacial score (nSPS) is 14.6. The summed E-state index contributed by atoms with van der Waals surface area (Å²) < 4.78 is 4.83. The van der Waals surface area contributed by atoms with Gasteiger partial charge >= 0.3 is 0 Å². The molecule has 0 unspecified atom stereocenters. The van der Waals surface area contributed by atoms with E-state index in [1.165, 1.54) is 88.4 Å². The highest BCUT2D eigenvalue weighted by molar-refractivity contribution is 6.12. The molecule has 2 heteroatoms. The summed E-state index contributed by atoms with van der Waals surface area (Å²) in [6.45, 7) is 0. The third-order valence-electron chi connectivity index (χ3n) is 10.7. The van der Waals surface area contributed by atoms with Crippen LogP contribution in [0, 0.1) is 0 Å². The Kier molecular flexibility index (Phi) is 6.80. The smallest absolute Gasteiger partial charge is 0.0541 e. The molecule has 238 valence electrons. The van der Waals surface area contributed by atoms with Crippen LogP contribution in [-0.2, 0) is 0 Å². The fourth-order valence-corrected chi connectivity index (χ4v) is 8.20. The van der Waals surface area contributed by atoms with E-state index < -0.39 is 0 Å². The van der Waals surface area contributed by atoms with Crippen LogP contribution in [0.3, 0.4) is 0 Å². The summed E-state index contributed by atoms with van der Waals surface area (Å²) in [5, 5.41) is 5.09. The molecule has 2 aromatic heterocycles. The van der Waals surface area contributed by atoms with E-state index in [4.69, 9.17) is 0 Å². The fourth-order valence-electron chi connectivity index (χ4n) is 8.20. The molecule has 0 bridgehead atoms. The third-order valence-corrected chi connectivity index (χ3v) is 10.7. The van der Waals surface area contributed by atoms with Gasteiger partial charge in [-0.15, -0.1) is 0 Å². The average Bonchev–Trinajstić information content (AvgIpc) is 3.71. The zero-order chi connectivity index (χ0) is 33.0. The van der Waals surface area contributed by atoms with Gasteiger partial charge in [-0.3, -0.25) is 0 Å². The van der Waals surface area contributed by atoms with Crippen LogP contribution in [0.2, 0.25) is 0 Å². The Bertz CT molecular complexity index is 2530. The minimum Gasteiger partial charge on any atom is -0.309 e. The highest BCUT2D eigenvalue weighted by Gasteiger charge is 2.16. The van der Waals surface area contributed by atoms with Gasteiger partial charge in [-0.2, -0.15) is 0 Å². The quantitative estimate of drug-likeness (QED) is 0.177. The summed E-state index contributed by atoms with van der Waals surface area (Å²) in [5.74, 6) is 0. The van der Waals surface area contributed by atoms with E-state index in [-0.39, 0.29) is 0 Å². The van der Waals surface area contributed by atoms with E-state index in [1.807, 2.05) is 0 Å². The minimum absolute atomic E-state index is 1.10. The van der Waals surface area contributed by atoms with E-state index in [2.05, 4.69) is 179 Å². The lowest BCUT2D eigenvalue weighted by Gasteiger charge is -2.12. The molecule has 0 saturated carbocycles. The van der Waals surface area contributed by atoms with Crippen molar-refractivity contribution in [3.05, 3.63) is 181 Å². The number of nitrogens with zero attached hydrogens (tertiary/aromatic N) is 2. The van der Waals surface area contributed by atoms with Crippen LogP contribution in [0.1, 0.15) is 36.8 Å². The van der Waals surface area contributed by atoms with E-state index in [9.17, 15) is 0 Å². The van der Waals surface area contributed by atoms with E-state index in [1.54, 1.807) is 0 Å². The van der Waals surface area contributed by atoms with Gasteiger partial charge in [-0.1, -0.05) is 109 Å². The summed E-state index contributed by atoms with van der Waals surface area (Å²) in [6.07, 6.45) is 17.8. The molecule has 10 rings (SSSR count). The molecule has 0 saturated heterocycles. The van der Waals surface area contributed by atoms with Crippen molar-refractivity contribution in [3.63, 3.8) is 0 Å². The van der Waals surface area contributed by atoms with Crippen molar-refractivity contribution in [1.82, 2.24) is 9.13 Å². The second-order valence-electron chi connectivity index (χ2n) is 13.6. The highest BCUT2D eigenvalue weighted by atomic mass is 15.0. The van der Waals surface area contributed by atoms with Gasteiger partial charge in [0.15, 0.2) is 0 Å². The molecular weight excluding hydrogens is 605 g/mol. The molecule has 0 aliphatic heterocycles. The van der Waals surface area contributed by atoms with Crippen LogP contribution in [0.25, 0.3) is 77.3 Å². The maximum atomic E-state index is 2.41. The summed E-state index contributed by atoms with van der Waals surface area (Å²) in [7, 11) is 0. The van der Waals surface area contributed by atoms with Gasteiger partial charge in [0, 0.05) is 32.9 Å². The van der Waals surface area contributed by atoms with Crippen molar-refractivity contribution >= 4 is 54.8 Å². The van der Waals surface area contributed by atoms with Crippen LogP contribution < -0.4 is 0 Å². The van der Waals surface area contributed by atoms with Gasteiger partial charge in [-0.05, 0) is 120 Å². The maximum absolute atomic E-state index is 2.41. The predicted octanol–water partition coefficient (Wildman–Crippen LogP) is 13.0. The second-order valence-corrected chi connectivity index (χ2v) is 13.6. The minimum atomic E-state index is 1.10. The Morgan fingerprint density at radius 2 is 0.760 bits per heavy atom. The lowest BCUT2D eigenvalue weighted by Crippen LogP contribution is -1.95. The van der Waals surface area contributed by atoms with E-state index in [0.717, 1.165) is 25.7 Å². The number of hydrogen-bond donors (Lipinski definition) is 0. The van der Waals surface area contributed by atoms with Crippen LogP contribution in [0.5, 0.6) is 0 Å². The Balaban J connectivity index is 1.07. The summed E-state index contributed by atoms with van der Waals surface area (Å²) in [4.78, 5) is 0. The monoisotopic (exact) mass is 640 g/mol. The molecule has 6 aromatic carbocycles. The van der Waals surface area contributed by atoms with Crippen LogP contribution >= 0.6 is 0 Å². The molecule has 0 N–H and O–H groups in total. The Morgan fingerprint density at radius 1 is 0.360 bits per heavy atom. The van der Waals surface area contributed by atoms with Crippen molar-refractivity contribution in [2.45, 2.75) is 25.7 Å². The number of benzene rings is 6. The van der Waals surface area contributed by atoms with Gasteiger partial charge in [-0.25, -0.2) is 0 Å². The van der Waals surface area contributed by atoms with Crippen molar-refractivity contribution in [2.24, 2.45) is 0 Å². The molecule has 0 amide bonds. The Labute approximate surface area is 292 Å². The lowest BCUT2D eigenvalue weighted by atomic mass is 9.97. The first-order valence-electron chi connectivity index (χ1n) is 17.8. The van der Waals surface area contributed by atoms with Crippen LogP contribution in [0.15, 0.2) is 170 Å². The first kappa shape index (κ1) is 28.9. The van der Waals surface area contributed by atoms with Gasteiger partial charge < -0.3 is 9.13 Å². The van der Waals surface area contributed by atoms with Gasteiger partial charge in [0.1, 0.15) is 0 Å². The molecule has 50 heavy (non-hydrogen) atoms. The number of rotatable bonds is 5. The van der Waals surface area contributed by atoms with Crippen molar-refractivity contribution in [2.75, 3.05) is 0 Å². The largest absolute Gasteiger partial charge is 0.309 e. The molecule has 0 radical (unpaired) electrons. The van der Waals surface area contributed by atoms with Crippen LogP contribution in [0.4, 0.5) is 0 Å². The molecule has 2 aliphatic carbocycles. The van der Waals surface area contributed by atoms with Crippen molar-refractivity contribution in [3.8, 4) is 22.5 Å². The van der Waals surface area contributed by atoms with Gasteiger partial charge in [0.05, 0.1) is 22.1 Å². The first-order chi connectivity index (χ1) is 24.8. The molecule has 0 atom stereocenters. The Hall–Kier alpha value is -6.12. The molecular formula is C48H36N2. The number of allylic oxidation sites excluding steroid dienone is 8. The molecule has 0 spiro atoms.